The number of likely N-dealkylation sites (tertiary alicyclic amines) is 2. The summed E-state index contributed by atoms with van der Waals surface area (Å²) >= 11 is 0. The van der Waals surface area contributed by atoms with Crippen molar-refractivity contribution in [2.24, 2.45) is 11.8 Å². The molecular formula is C24H42N4O3. The summed E-state index contributed by atoms with van der Waals surface area (Å²) in [7, 11) is 3.75. The van der Waals surface area contributed by atoms with E-state index >= 15 is 0 Å². The van der Waals surface area contributed by atoms with Crippen LogP contribution in [0.2, 0.25) is 0 Å². The van der Waals surface area contributed by atoms with Crippen molar-refractivity contribution in [1.82, 2.24) is 20.0 Å². The molecule has 2 saturated heterocycles. The van der Waals surface area contributed by atoms with E-state index in [1.54, 1.807) is 11.9 Å². The molecule has 0 aromatic rings. The molecule has 3 amide bonds. The lowest BCUT2D eigenvalue weighted by Crippen LogP contribution is -2.57. The van der Waals surface area contributed by atoms with Crippen molar-refractivity contribution in [1.29, 1.82) is 0 Å². The first kappa shape index (κ1) is 25.4. The molecule has 7 heteroatoms. The predicted octanol–water partition coefficient (Wildman–Crippen LogP) is 2.27. The van der Waals surface area contributed by atoms with Gasteiger partial charge < -0.3 is 15.1 Å². The molecule has 2 rings (SSSR count). The lowest BCUT2D eigenvalue weighted by molar-refractivity contribution is -0.139. The van der Waals surface area contributed by atoms with Gasteiger partial charge in [0.15, 0.2) is 0 Å². The second-order valence-electron chi connectivity index (χ2n) is 9.90. The molecule has 31 heavy (non-hydrogen) atoms. The molecule has 0 unspecified atom stereocenters. The van der Waals surface area contributed by atoms with Gasteiger partial charge in [0.05, 0.1) is 12.1 Å². The number of hydrogen-bond donors (Lipinski definition) is 1. The molecule has 2 aliphatic rings. The Bertz CT molecular complexity index is 684. The minimum atomic E-state index is -0.589. The molecule has 1 N–H and O–H groups in total. The first-order valence-corrected chi connectivity index (χ1v) is 11.8. The highest BCUT2D eigenvalue weighted by molar-refractivity contribution is 5.94. The zero-order chi connectivity index (χ0) is 23.3. The summed E-state index contributed by atoms with van der Waals surface area (Å²) in [6.07, 6.45) is 5.93. The molecule has 2 heterocycles. The molecule has 3 atom stereocenters. The largest absolute Gasteiger partial charge is 0.343 e. The molecular weight excluding hydrogens is 392 g/mol. The van der Waals surface area contributed by atoms with Crippen molar-refractivity contribution in [3.8, 4) is 0 Å². The number of hydrogen-bond acceptors (Lipinski definition) is 4. The number of likely N-dealkylation sites (N-methyl/N-ethyl adjacent to an activating group) is 2. The van der Waals surface area contributed by atoms with Gasteiger partial charge in [0.2, 0.25) is 17.7 Å². The molecule has 0 aromatic carbocycles. The van der Waals surface area contributed by atoms with Crippen LogP contribution in [0.3, 0.4) is 0 Å². The SMILES string of the molecule is C/C(=C\[C@H](C(C)C)N(C)C(=O)[C@@H](NC(=O)[C@H]1CCCCN1C)C(C)C)C(=O)N1CCC1. The summed E-state index contributed by atoms with van der Waals surface area (Å²) in [5.74, 6) is -0.0225. The highest BCUT2D eigenvalue weighted by Gasteiger charge is 2.34. The van der Waals surface area contributed by atoms with E-state index in [0.717, 1.165) is 45.3 Å². The van der Waals surface area contributed by atoms with E-state index in [1.165, 1.54) is 0 Å². The third-order valence-corrected chi connectivity index (χ3v) is 6.68. The van der Waals surface area contributed by atoms with Crippen LogP contribution in [0.1, 0.15) is 60.3 Å². The van der Waals surface area contributed by atoms with E-state index in [0.29, 0.717) is 5.57 Å². The van der Waals surface area contributed by atoms with Gasteiger partial charge in [0.25, 0.3) is 0 Å². The second kappa shape index (κ2) is 11.1. The van der Waals surface area contributed by atoms with Crippen molar-refractivity contribution < 1.29 is 14.4 Å². The molecule has 0 spiro atoms. The molecule has 0 bridgehead atoms. The van der Waals surface area contributed by atoms with E-state index in [4.69, 9.17) is 0 Å². The first-order valence-electron chi connectivity index (χ1n) is 11.8. The zero-order valence-electron chi connectivity index (χ0n) is 20.5. The Morgan fingerprint density at radius 1 is 1.00 bits per heavy atom. The molecule has 2 aliphatic heterocycles. The van der Waals surface area contributed by atoms with Crippen LogP contribution >= 0.6 is 0 Å². The Labute approximate surface area is 188 Å². The summed E-state index contributed by atoms with van der Waals surface area (Å²) < 4.78 is 0. The van der Waals surface area contributed by atoms with Gasteiger partial charge in [-0.3, -0.25) is 19.3 Å². The summed E-state index contributed by atoms with van der Waals surface area (Å²) in [5.41, 5.74) is 0.673. The Morgan fingerprint density at radius 2 is 1.65 bits per heavy atom. The van der Waals surface area contributed by atoms with E-state index in [2.05, 4.69) is 10.2 Å². The smallest absolute Gasteiger partial charge is 0.249 e. The van der Waals surface area contributed by atoms with E-state index in [1.807, 2.05) is 52.6 Å². The number of rotatable bonds is 8. The molecule has 0 saturated carbocycles. The average molecular weight is 435 g/mol. The Hall–Kier alpha value is -1.89. The third-order valence-electron chi connectivity index (χ3n) is 6.68. The number of piperidine rings is 1. The molecule has 7 nitrogen and oxygen atoms in total. The van der Waals surface area contributed by atoms with E-state index in [9.17, 15) is 14.4 Å². The topological polar surface area (TPSA) is 73.0 Å². The van der Waals surface area contributed by atoms with Crippen LogP contribution in [0.4, 0.5) is 0 Å². The summed E-state index contributed by atoms with van der Waals surface area (Å²) in [6.45, 7) is 12.4. The van der Waals surface area contributed by atoms with Crippen molar-refractivity contribution in [3.63, 3.8) is 0 Å². The van der Waals surface area contributed by atoms with Gasteiger partial charge in [-0.25, -0.2) is 0 Å². The maximum atomic E-state index is 13.5. The van der Waals surface area contributed by atoms with Gasteiger partial charge in [0, 0.05) is 25.7 Å². The zero-order valence-corrected chi connectivity index (χ0v) is 20.5. The van der Waals surface area contributed by atoms with Gasteiger partial charge in [-0.15, -0.1) is 0 Å². The van der Waals surface area contributed by atoms with Crippen LogP contribution in [0.5, 0.6) is 0 Å². The fourth-order valence-corrected chi connectivity index (χ4v) is 4.38. The van der Waals surface area contributed by atoms with Crippen LogP contribution in [-0.2, 0) is 14.4 Å². The Kier molecular flexibility index (Phi) is 9.10. The number of amides is 3. The standard InChI is InChI=1S/C24H42N4O3/c1-16(2)20(15-18(5)23(30)28-13-10-14-28)27(7)24(31)21(17(3)4)25-22(29)19-11-8-9-12-26(19)6/h15-17,19-21H,8-14H2,1-7H3,(H,25,29)/b18-15+/t19-,20-,21+/m1/s1. The highest BCUT2D eigenvalue weighted by Crippen LogP contribution is 2.20. The van der Waals surface area contributed by atoms with Crippen LogP contribution in [0, 0.1) is 11.8 Å². The van der Waals surface area contributed by atoms with Gasteiger partial charge in [0.1, 0.15) is 6.04 Å². The number of carbonyl (C=O) groups is 3. The summed E-state index contributed by atoms with van der Waals surface area (Å²) in [6, 6.07) is -0.979. The highest BCUT2D eigenvalue weighted by atomic mass is 16.2. The van der Waals surface area contributed by atoms with Gasteiger partial charge in [-0.2, -0.15) is 0 Å². The van der Waals surface area contributed by atoms with Crippen LogP contribution in [-0.4, -0.2) is 84.3 Å². The Balaban J connectivity index is 2.14. The fourth-order valence-electron chi connectivity index (χ4n) is 4.38. The lowest BCUT2D eigenvalue weighted by atomic mass is 9.95. The predicted molar refractivity (Wildman–Crippen MR) is 123 cm³/mol. The number of nitrogens with one attached hydrogen (secondary N) is 1. The molecule has 2 fully saturated rings. The monoisotopic (exact) mass is 434 g/mol. The van der Waals surface area contributed by atoms with Crippen LogP contribution in [0.25, 0.3) is 0 Å². The van der Waals surface area contributed by atoms with Crippen molar-refractivity contribution in [2.45, 2.75) is 78.4 Å². The molecule has 0 aliphatic carbocycles. The van der Waals surface area contributed by atoms with Crippen molar-refractivity contribution in [3.05, 3.63) is 11.6 Å². The summed E-state index contributed by atoms with van der Waals surface area (Å²) in [5, 5.41) is 3.04. The fraction of sp³-hybridized carbons (Fsp3) is 0.792. The average Bonchev–Trinajstić information content (AvgIpc) is 2.67. The minimum absolute atomic E-state index is 0.0339. The summed E-state index contributed by atoms with van der Waals surface area (Å²) in [4.78, 5) is 44.6. The molecule has 0 aromatic heterocycles. The van der Waals surface area contributed by atoms with Gasteiger partial charge in [-0.05, 0) is 51.6 Å². The van der Waals surface area contributed by atoms with Gasteiger partial charge in [-0.1, -0.05) is 40.2 Å². The van der Waals surface area contributed by atoms with Crippen LogP contribution in [0.15, 0.2) is 11.6 Å². The Morgan fingerprint density at radius 3 is 2.13 bits per heavy atom. The van der Waals surface area contributed by atoms with Gasteiger partial charge >= 0.3 is 0 Å². The minimum Gasteiger partial charge on any atom is -0.343 e. The normalized spacial score (nSPS) is 22.2. The van der Waals surface area contributed by atoms with Crippen molar-refractivity contribution in [2.75, 3.05) is 33.7 Å². The third kappa shape index (κ3) is 6.31. The molecule has 0 radical (unpaired) electrons. The maximum Gasteiger partial charge on any atom is 0.249 e. The quantitative estimate of drug-likeness (QED) is 0.595. The number of nitrogens with zero attached hydrogens (tertiary/aromatic N) is 3. The van der Waals surface area contributed by atoms with Crippen molar-refractivity contribution >= 4 is 17.7 Å². The lowest BCUT2D eigenvalue weighted by Gasteiger charge is -2.36. The second-order valence-corrected chi connectivity index (χ2v) is 9.90. The van der Waals surface area contributed by atoms with E-state index in [-0.39, 0.29) is 41.6 Å². The van der Waals surface area contributed by atoms with E-state index < -0.39 is 6.04 Å². The maximum absolute atomic E-state index is 13.5. The number of carbonyl (C=O) groups excluding carboxylic acids is 3. The molecule has 176 valence electrons. The first-order chi connectivity index (χ1) is 14.5. The van der Waals surface area contributed by atoms with Crippen LogP contribution < -0.4 is 5.32 Å².